The first-order chi connectivity index (χ1) is 24.6. The number of carbonyl (C=O) groups excluding carboxylic acids is 1. The van der Waals surface area contributed by atoms with Gasteiger partial charge in [0, 0.05) is 6.42 Å². The summed E-state index contributed by atoms with van der Waals surface area (Å²) in [6.07, 6.45) is 4.45. The molecule has 0 radical (unpaired) electrons. The Morgan fingerprint density at radius 1 is 0.686 bits per heavy atom. The Hall–Kier alpha value is -1.27. The molecule has 0 aromatic carbocycles. The Bertz CT molecular complexity index is 925. The number of nitrogens with one attached hydrogen (secondary N) is 1. The highest BCUT2D eigenvalue weighted by Gasteiger charge is 2.50. The number of hydrogen-bond donors (Lipinski definition) is 9. The lowest BCUT2D eigenvalue weighted by Gasteiger charge is -2.46. The van der Waals surface area contributed by atoms with Gasteiger partial charge in [-0.2, -0.15) is 0 Å². The fourth-order valence-electron chi connectivity index (χ4n) is 6.40. The maximum Gasteiger partial charge on any atom is 0.220 e. The van der Waals surface area contributed by atoms with Crippen LogP contribution in [0, 0.1) is 0 Å². The van der Waals surface area contributed by atoms with Crippen LogP contribution in [0.1, 0.15) is 123 Å². The van der Waals surface area contributed by atoms with Gasteiger partial charge in [-0.25, -0.2) is 0 Å². The highest BCUT2D eigenvalue weighted by atomic mass is 16.7. The molecule has 2 aliphatic rings. The summed E-state index contributed by atoms with van der Waals surface area (Å²) in [4.78, 5) is 12.9. The highest BCUT2D eigenvalue weighted by Crippen LogP contribution is 2.29. The number of aliphatic hydroxyl groups excluding tert-OH is 8. The Morgan fingerprint density at radius 3 is 1.80 bits per heavy atom. The zero-order chi connectivity index (χ0) is 37.6. The minimum Gasteiger partial charge on any atom is -0.394 e. The van der Waals surface area contributed by atoms with Gasteiger partial charge in [0.25, 0.3) is 0 Å². The molecule has 0 aliphatic carbocycles. The van der Waals surface area contributed by atoms with Crippen molar-refractivity contribution < 1.29 is 64.6 Å². The third kappa shape index (κ3) is 16.3. The molecule has 51 heavy (non-hydrogen) atoms. The predicted molar refractivity (Wildman–Crippen MR) is 189 cm³/mol. The summed E-state index contributed by atoms with van der Waals surface area (Å²) >= 11 is 0. The standard InChI is InChI=1S/C37H69NO13/c1-3-5-7-9-11-13-14-16-18-20-26(41)25(38-29(42)21-19-17-15-12-10-8-6-4-2)24-48-36-34(47)32(45)35(28(23-40)50-36)51-37-33(46)31(44)30(43)27(22-39)49-37/h18,20,25-28,30-37,39-41,43-47H,3-17,19,21-24H2,1-2H3,(H,38,42)/b20-18+. The topological polar surface area (TPSA) is 228 Å². The molecule has 2 heterocycles. The summed E-state index contributed by atoms with van der Waals surface area (Å²) in [5, 5.41) is 85.8. The minimum atomic E-state index is -1.78. The van der Waals surface area contributed by atoms with Gasteiger partial charge in [-0.1, -0.05) is 109 Å². The van der Waals surface area contributed by atoms with Gasteiger partial charge >= 0.3 is 0 Å². The number of ether oxygens (including phenoxy) is 4. The fraction of sp³-hybridized carbons (Fsp3) is 0.919. The number of rotatable bonds is 27. The lowest BCUT2D eigenvalue weighted by Crippen LogP contribution is -2.65. The molecule has 1 amide bonds. The quantitative estimate of drug-likeness (QED) is 0.0433. The molecule has 12 atom stereocenters. The van der Waals surface area contributed by atoms with E-state index in [0.717, 1.165) is 38.5 Å². The number of amides is 1. The molecule has 14 nitrogen and oxygen atoms in total. The van der Waals surface area contributed by atoms with Crippen molar-refractivity contribution in [3.8, 4) is 0 Å². The van der Waals surface area contributed by atoms with Crippen molar-refractivity contribution in [1.29, 1.82) is 0 Å². The first-order valence-corrected chi connectivity index (χ1v) is 19.4. The maximum atomic E-state index is 12.9. The van der Waals surface area contributed by atoms with Gasteiger partial charge in [0.05, 0.1) is 32.0 Å². The second-order valence-corrected chi connectivity index (χ2v) is 14.1. The second kappa shape index (κ2) is 26.5. The molecule has 0 aromatic heterocycles. The average Bonchev–Trinajstić information content (AvgIpc) is 3.12. The van der Waals surface area contributed by atoms with Crippen molar-refractivity contribution in [1.82, 2.24) is 5.32 Å². The fourth-order valence-corrected chi connectivity index (χ4v) is 6.40. The second-order valence-electron chi connectivity index (χ2n) is 14.1. The molecule has 9 N–H and O–H groups in total. The SMILES string of the molecule is CCCCCCCCC/C=C/C(O)C(COC1OC(CO)C(OC2OC(CO)C(O)C(O)C2O)C(O)C1O)NC(=O)CCCCCCCCCC. The monoisotopic (exact) mass is 735 g/mol. The summed E-state index contributed by atoms with van der Waals surface area (Å²) in [5.41, 5.74) is 0. The van der Waals surface area contributed by atoms with Crippen LogP contribution in [-0.4, -0.2) is 140 Å². The maximum absolute atomic E-state index is 12.9. The van der Waals surface area contributed by atoms with Crippen LogP contribution in [0.25, 0.3) is 0 Å². The van der Waals surface area contributed by atoms with E-state index < -0.39 is 86.8 Å². The third-order valence-corrected chi connectivity index (χ3v) is 9.72. The highest BCUT2D eigenvalue weighted by molar-refractivity contribution is 5.76. The van der Waals surface area contributed by atoms with Gasteiger partial charge in [-0.15, -0.1) is 0 Å². The molecular weight excluding hydrogens is 666 g/mol. The van der Waals surface area contributed by atoms with Crippen molar-refractivity contribution in [3.05, 3.63) is 12.2 Å². The van der Waals surface area contributed by atoms with E-state index in [-0.39, 0.29) is 18.9 Å². The molecule has 2 saturated heterocycles. The lowest BCUT2D eigenvalue weighted by atomic mass is 9.97. The zero-order valence-corrected chi connectivity index (χ0v) is 30.8. The molecule has 2 fully saturated rings. The number of allylic oxidation sites excluding steroid dienone is 1. The van der Waals surface area contributed by atoms with Gasteiger partial charge in [-0.05, 0) is 19.3 Å². The van der Waals surface area contributed by atoms with E-state index in [0.29, 0.717) is 6.42 Å². The smallest absolute Gasteiger partial charge is 0.220 e. The van der Waals surface area contributed by atoms with Gasteiger partial charge in [0.2, 0.25) is 5.91 Å². The van der Waals surface area contributed by atoms with E-state index in [2.05, 4.69) is 19.2 Å². The third-order valence-electron chi connectivity index (χ3n) is 9.72. The minimum absolute atomic E-state index is 0.250. The lowest BCUT2D eigenvalue weighted by molar-refractivity contribution is -0.359. The van der Waals surface area contributed by atoms with Crippen molar-refractivity contribution in [2.24, 2.45) is 0 Å². The summed E-state index contributed by atoms with van der Waals surface area (Å²) in [6.45, 7) is 2.66. The molecular formula is C37H69NO13. The Balaban J connectivity index is 1.99. The Morgan fingerprint density at radius 2 is 1.22 bits per heavy atom. The van der Waals surface area contributed by atoms with E-state index in [1.165, 1.54) is 57.8 Å². The number of aliphatic hydroxyl groups is 8. The van der Waals surface area contributed by atoms with Crippen molar-refractivity contribution in [3.63, 3.8) is 0 Å². The zero-order valence-electron chi connectivity index (χ0n) is 30.8. The molecule has 300 valence electrons. The summed E-state index contributed by atoms with van der Waals surface area (Å²) in [6, 6.07) is -0.902. The van der Waals surface area contributed by atoms with Crippen LogP contribution in [-0.2, 0) is 23.7 Å². The van der Waals surface area contributed by atoms with Crippen LogP contribution in [0.3, 0.4) is 0 Å². The number of carbonyl (C=O) groups is 1. The van der Waals surface area contributed by atoms with Crippen LogP contribution in [0.5, 0.6) is 0 Å². The predicted octanol–water partition coefficient (Wildman–Crippen LogP) is 1.70. The number of unbranched alkanes of at least 4 members (excludes halogenated alkanes) is 14. The summed E-state index contributed by atoms with van der Waals surface area (Å²) in [7, 11) is 0. The Kier molecular flexibility index (Phi) is 23.8. The molecule has 2 rings (SSSR count). The molecule has 0 saturated carbocycles. The van der Waals surface area contributed by atoms with E-state index >= 15 is 0 Å². The molecule has 2 aliphatic heterocycles. The van der Waals surface area contributed by atoms with Crippen LogP contribution < -0.4 is 5.32 Å². The van der Waals surface area contributed by atoms with Crippen molar-refractivity contribution in [2.45, 2.75) is 197 Å². The Labute approximate surface area is 304 Å². The summed E-state index contributed by atoms with van der Waals surface area (Å²) in [5.74, 6) is -0.250. The van der Waals surface area contributed by atoms with Gasteiger partial charge < -0.3 is 65.1 Å². The van der Waals surface area contributed by atoms with E-state index in [4.69, 9.17) is 18.9 Å². The first-order valence-electron chi connectivity index (χ1n) is 19.4. The van der Waals surface area contributed by atoms with Crippen LogP contribution in [0.15, 0.2) is 12.2 Å². The van der Waals surface area contributed by atoms with Crippen LogP contribution in [0.4, 0.5) is 0 Å². The van der Waals surface area contributed by atoms with E-state index in [1.807, 2.05) is 6.08 Å². The molecule has 0 spiro atoms. The van der Waals surface area contributed by atoms with Crippen LogP contribution >= 0.6 is 0 Å². The molecule has 0 aromatic rings. The largest absolute Gasteiger partial charge is 0.394 e. The average molecular weight is 736 g/mol. The molecule has 12 unspecified atom stereocenters. The first kappa shape index (κ1) is 45.9. The van der Waals surface area contributed by atoms with Gasteiger partial charge in [0.1, 0.15) is 48.8 Å². The summed E-state index contributed by atoms with van der Waals surface area (Å²) < 4.78 is 22.5. The normalized spacial score (nSPS) is 31.2. The van der Waals surface area contributed by atoms with Crippen molar-refractivity contribution >= 4 is 5.91 Å². The van der Waals surface area contributed by atoms with Crippen LogP contribution in [0.2, 0.25) is 0 Å². The number of hydrogen-bond acceptors (Lipinski definition) is 13. The van der Waals surface area contributed by atoms with Gasteiger partial charge in [-0.3, -0.25) is 4.79 Å². The molecule has 14 heteroatoms. The van der Waals surface area contributed by atoms with Gasteiger partial charge in [0.15, 0.2) is 12.6 Å². The van der Waals surface area contributed by atoms with Crippen molar-refractivity contribution in [2.75, 3.05) is 19.8 Å². The molecule has 0 bridgehead atoms. The van der Waals surface area contributed by atoms with E-state index in [1.54, 1.807) is 6.08 Å². The van der Waals surface area contributed by atoms with E-state index in [9.17, 15) is 45.6 Å².